The molecule has 0 saturated carbocycles. The number of carbonyl (C=O) groups excluding carboxylic acids is 1. The second-order valence-electron chi connectivity index (χ2n) is 5.23. The van der Waals surface area contributed by atoms with E-state index in [1.165, 1.54) is 0 Å². The Morgan fingerprint density at radius 3 is 2.83 bits per heavy atom. The zero-order valence-electron chi connectivity index (χ0n) is 12.8. The van der Waals surface area contributed by atoms with E-state index < -0.39 is 6.03 Å². The second-order valence-corrected chi connectivity index (χ2v) is 5.23. The van der Waals surface area contributed by atoms with Gasteiger partial charge in [0.15, 0.2) is 0 Å². The molecule has 6 nitrogen and oxygen atoms in total. The summed E-state index contributed by atoms with van der Waals surface area (Å²) >= 11 is 0. The third-order valence-corrected chi connectivity index (χ3v) is 3.66. The average Bonchev–Trinajstić information content (AvgIpc) is 2.96. The molecule has 3 rings (SSSR count). The Bertz CT molecular complexity index is 841. The van der Waals surface area contributed by atoms with Gasteiger partial charge < -0.3 is 15.8 Å². The summed E-state index contributed by atoms with van der Waals surface area (Å²) < 4.78 is 7.29. The van der Waals surface area contributed by atoms with Crippen LogP contribution in [0.25, 0.3) is 10.9 Å². The summed E-state index contributed by atoms with van der Waals surface area (Å²) in [5.41, 5.74) is 8.21. The van der Waals surface area contributed by atoms with Gasteiger partial charge in [0.1, 0.15) is 5.75 Å². The van der Waals surface area contributed by atoms with Gasteiger partial charge in [0.2, 0.25) is 0 Å². The maximum Gasteiger partial charge on any atom is 0.312 e. The standard InChI is InChI=1S/C17H18N4O2/c1-23-16-7-3-6-15-14(16)10-20-21(15)11-13-5-2-4-12(8-13)9-19-17(18)22/h2-8,10H,9,11H2,1H3,(H3,18,19,22). The van der Waals surface area contributed by atoms with E-state index in [2.05, 4.69) is 10.4 Å². The van der Waals surface area contributed by atoms with Crippen LogP contribution in [0.2, 0.25) is 0 Å². The number of urea groups is 1. The van der Waals surface area contributed by atoms with Gasteiger partial charge in [-0.2, -0.15) is 5.10 Å². The molecule has 2 aromatic carbocycles. The summed E-state index contributed by atoms with van der Waals surface area (Å²) in [6.45, 7) is 1.05. The fourth-order valence-corrected chi connectivity index (χ4v) is 2.58. The van der Waals surface area contributed by atoms with Gasteiger partial charge in [0.05, 0.1) is 30.8 Å². The quantitative estimate of drug-likeness (QED) is 0.758. The Morgan fingerprint density at radius 2 is 2.04 bits per heavy atom. The Labute approximate surface area is 133 Å². The van der Waals surface area contributed by atoms with Crippen LogP contribution in [0.3, 0.4) is 0 Å². The smallest absolute Gasteiger partial charge is 0.312 e. The zero-order chi connectivity index (χ0) is 16.2. The van der Waals surface area contributed by atoms with Crippen LogP contribution >= 0.6 is 0 Å². The van der Waals surface area contributed by atoms with Gasteiger partial charge in [0, 0.05) is 6.54 Å². The first-order valence-corrected chi connectivity index (χ1v) is 7.27. The number of nitrogens with zero attached hydrogens (tertiary/aromatic N) is 2. The highest BCUT2D eigenvalue weighted by molar-refractivity contribution is 5.85. The minimum absolute atomic E-state index is 0.414. The van der Waals surface area contributed by atoms with Gasteiger partial charge in [-0.05, 0) is 23.3 Å². The molecule has 3 N–H and O–H groups in total. The van der Waals surface area contributed by atoms with E-state index in [1.54, 1.807) is 7.11 Å². The average molecular weight is 310 g/mol. The van der Waals surface area contributed by atoms with E-state index >= 15 is 0 Å². The Hall–Kier alpha value is -3.02. The van der Waals surface area contributed by atoms with Crippen molar-refractivity contribution in [2.75, 3.05) is 7.11 Å². The van der Waals surface area contributed by atoms with Gasteiger partial charge in [-0.1, -0.05) is 30.3 Å². The summed E-state index contributed by atoms with van der Waals surface area (Å²) in [6.07, 6.45) is 1.81. The molecule has 0 saturated heterocycles. The van der Waals surface area contributed by atoms with Crippen molar-refractivity contribution in [1.82, 2.24) is 15.1 Å². The minimum atomic E-state index is -0.527. The van der Waals surface area contributed by atoms with Crippen LogP contribution in [0, 0.1) is 0 Å². The number of rotatable bonds is 5. The van der Waals surface area contributed by atoms with Crippen LogP contribution in [0.15, 0.2) is 48.7 Å². The highest BCUT2D eigenvalue weighted by Gasteiger charge is 2.08. The van der Waals surface area contributed by atoms with Crippen molar-refractivity contribution in [3.8, 4) is 5.75 Å². The molecule has 1 aromatic heterocycles. The molecule has 0 aliphatic heterocycles. The lowest BCUT2D eigenvalue weighted by Crippen LogP contribution is -2.28. The van der Waals surface area contributed by atoms with E-state index in [0.717, 1.165) is 27.8 Å². The maximum absolute atomic E-state index is 10.8. The third-order valence-electron chi connectivity index (χ3n) is 3.66. The van der Waals surface area contributed by atoms with Crippen molar-refractivity contribution in [2.45, 2.75) is 13.1 Å². The first-order chi connectivity index (χ1) is 11.2. The Morgan fingerprint density at radius 1 is 1.26 bits per heavy atom. The molecule has 0 fully saturated rings. The number of nitrogens with one attached hydrogen (secondary N) is 1. The molecule has 118 valence electrons. The monoisotopic (exact) mass is 310 g/mol. The molecular weight excluding hydrogens is 292 g/mol. The summed E-state index contributed by atoms with van der Waals surface area (Å²) in [4.78, 5) is 10.8. The molecule has 0 spiro atoms. The van der Waals surface area contributed by atoms with Gasteiger partial charge in [-0.15, -0.1) is 0 Å². The summed E-state index contributed by atoms with van der Waals surface area (Å²) in [7, 11) is 1.65. The topological polar surface area (TPSA) is 82.2 Å². The van der Waals surface area contributed by atoms with Crippen LogP contribution in [0.4, 0.5) is 4.79 Å². The molecule has 1 heterocycles. The molecule has 3 aromatic rings. The Kier molecular flexibility index (Phi) is 4.14. The highest BCUT2D eigenvalue weighted by atomic mass is 16.5. The number of methoxy groups -OCH3 is 1. The summed E-state index contributed by atoms with van der Waals surface area (Å²) in [5, 5.41) is 8.03. The van der Waals surface area contributed by atoms with E-state index in [4.69, 9.17) is 10.5 Å². The number of hydrogen-bond donors (Lipinski definition) is 2. The summed E-state index contributed by atoms with van der Waals surface area (Å²) in [5.74, 6) is 0.813. The largest absolute Gasteiger partial charge is 0.496 e. The van der Waals surface area contributed by atoms with Crippen molar-refractivity contribution in [2.24, 2.45) is 5.73 Å². The molecule has 0 aliphatic rings. The third kappa shape index (κ3) is 3.26. The number of hydrogen-bond acceptors (Lipinski definition) is 3. The fraction of sp³-hybridized carbons (Fsp3) is 0.176. The lowest BCUT2D eigenvalue weighted by molar-refractivity contribution is 0.248. The van der Waals surface area contributed by atoms with Gasteiger partial charge in [0.25, 0.3) is 0 Å². The SMILES string of the molecule is COc1cccc2c1cnn2Cc1cccc(CNC(N)=O)c1. The van der Waals surface area contributed by atoms with Crippen molar-refractivity contribution in [1.29, 1.82) is 0 Å². The molecular formula is C17H18N4O2. The highest BCUT2D eigenvalue weighted by Crippen LogP contribution is 2.25. The molecule has 0 aliphatic carbocycles. The predicted molar refractivity (Wildman–Crippen MR) is 88.3 cm³/mol. The first-order valence-electron chi connectivity index (χ1n) is 7.27. The number of ether oxygens (including phenoxy) is 1. The predicted octanol–water partition coefficient (Wildman–Crippen LogP) is 2.26. The zero-order valence-corrected chi connectivity index (χ0v) is 12.8. The van der Waals surface area contributed by atoms with Crippen LogP contribution in [-0.4, -0.2) is 22.9 Å². The second kappa shape index (κ2) is 6.39. The van der Waals surface area contributed by atoms with Gasteiger partial charge in [-0.3, -0.25) is 4.68 Å². The van der Waals surface area contributed by atoms with Crippen molar-refractivity contribution in [3.05, 3.63) is 59.8 Å². The summed E-state index contributed by atoms with van der Waals surface area (Å²) in [6, 6.07) is 13.3. The number of carbonyl (C=O) groups is 1. The molecule has 0 bridgehead atoms. The van der Waals surface area contributed by atoms with Gasteiger partial charge in [-0.25, -0.2) is 4.79 Å². The number of fused-ring (bicyclic) bond motifs is 1. The number of aromatic nitrogens is 2. The van der Waals surface area contributed by atoms with E-state index in [1.807, 2.05) is 53.3 Å². The number of nitrogens with two attached hydrogens (primary N) is 1. The number of primary amides is 1. The van der Waals surface area contributed by atoms with Gasteiger partial charge >= 0.3 is 6.03 Å². The lowest BCUT2D eigenvalue weighted by Gasteiger charge is -2.08. The molecule has 2 amide bonds. The minimum Gasteiger partial charge on any atom is -0.496 e. The van der Waals surface area contributed by atoms with E-state index in [9.17, 15) is 4.79 Å². The Balaban J connectivity index is 1.85. The molecule has 0 radical (unpaired) electrons. The number of benzene rings is 2. The molecule has 0 unspecified atom stereocenters. The fourth-order valence-electron chi connectivity index (χ4n) is 2.58. The van der Waals surface area contributed by atoms with Crippen LogP contribution in [-0.2, 0) is 13.1 Å². The molecule has 6 heteroatoms. The van der Waals surface area contributed by atoms with Crippen LogP contribution in [0.1, 0.15) is 11.1 Å². The van der Waals surface area contributed by atoms with Crippen LogP contribution in [0.5, 0.6) is 5.75 Å². The van der Waals surface area contributed by atoms with E-state index in [-0.39, 0.29) is 0 Å². The van der Waals surface area contributed by atoms with Crippen LogP contribution < -0.4 is 15.8 Å². The lowest BCUT2D eigenvalue weighted by atomic mass is 10.1. The number of amides is 2. The van der Waals surface area contributed by atoms with E-state index in [0.29, 0.717) is 13.1 Å². The maximum atomic E-state index is 10.8. The van der Waals surface area contributed by atoms with Crippen molar-refractivity contribution < 1.29 is 9.53 Å². The molecule has 0 atom stereocenters. The van der Waals surface area contributed by atoms with Crippen molar-refractivity contribution >= 4 is 16.9 Å². The van der Waals surface area contributed by atoms with Crippen molar-refractivity contribution in [3.63, 3.8) is 0 Å². The molecule has 23 heavy (non-hydrogen) atoms. The first kappa shape index (κ1) is 14.9. The normalized spacial score (nSPS) is 10.7.